The Morgan fingerprint density at radius 3 is 3.11 bits per heavy atom. The summed E-state index contributed by atoms with van der Waals surface area (Å²) < 4.78 is 13.3. The highest BCUT2D eigenvalue weighted by Crippen LogP contribution is 2.34. The molecular formula is C16H18FNS. The van der Waals surface area contributed by atoms with Gasteiger partial charge in [0, 0.05) is 17.0 Å². The molecule has 2 atom stereocenters. The molecular weight excluding hydrogens is 257 g/mol. The maximum Gasteiger partial charge on any atom is 0.123 e. The molecule has 1 aliphatic carbocycles. The molecule has 2 aromatic rings. The molecule has 0 saturated carbocycles. The molecule has 0 fully saturated rings. The predicted octanol–water partition coefficient (Wildman–Crippen LogP) is 4.62. The topological polar surface area (TPSA) is 12.0 Å². The summed E-state index contributed by atoms with van der Waals surface area (Å²) in [4.78, 5) is 1.51. The van der Waals surface area contributed by atoms with Gasteiger partial charge in [-0.1, -0.05) is 12.1 Å². The zero-order valence-corrected chi connectivity index (χ0v) is 11.8. The standard InChI is InChI=1S/C16H18FNS/c1-11(12-4-2-5-13(17)10-12)18-15-6-3-7-16-14(15)8-9-19-16/h2,4-5,8-11,15,18H,3,6-7H2,1H3. The fraction of sp³-hybridized carbons (Fsp3) is 0.375. The summed E-state index contributed by atoms with van der Waals surface area (Å²) in [6.07, 6.45) is 3.62. The fourth-order valence-electron chi connectivity index (χ4n) is 2.83. The average molecular weight is 275 g/mol. The van der Waals surface area contributed by atoms with Gasteiger partial charge in [-0.3, -0.25) is 0 Å². The van der Waals surface area contributed by atoms with Crippen molar-refractivity contribution in [2.24, 2.45) is 0 Å². The first kappa shape index (κ1) is 12.8. The summed E-state index contributed by atoms with van der Waals surface area (Å²) in [7, 11) is 0. The Morgan fingerprint density at radius 1 is 1.37 bits per heavy atom. The lowest BCUT2D eigenvalue weighted by Gasteiger charge is -2.27. The van der Waals surface area contributed by atoms with E-state index in [4.69, 9.17) is 0 Å². The van der Waals surface area contributed by atoms with Crippen molar-refractivity contribution in [2.75, 3.05) is 0 Å². The molecule has 2 unspecified atom stereocenters. The monoisotopic (exact) mass is 275 g/mol. The molecule has 0 amide bonds. The maximum atomic E-state index is 13.3. The molecule has 100 valence electrons. The van der Waals surface area contributed by atoms with Crippen molar-refractivity contribution < 1.29 is 4.39 Å². The molecule has 0 bridgehead atoms. The molecule has 1 aromatic heterocycles. The molecule has 3 rings (SSSR count). The summed E-state index contributed by atoms with van der Waals surface area (Å²) in [5, 5.41) is 5.82. The molecule has 1 N–H and O–H groups in total. The second-order valence-electron chi connectivity index (χ2n) is 5.19. The van der Waals surface area contributed by atoms with Crippen molar-refractivity contribution in [2.45, 2.75) is 38.3 Å². The Morgan fingerprint density at radius 2 is 2.26 bits per heavy atom. The number of nitrogens with one attached hydrogen (secondary N) is 1. The second-order valence-corrected chi connectivity index (χ2v) is 6.19. The number of thiophene rings is 1. The minimum atomic E-state index is -0.161. The van der Waals surface area contributed by atoms with E-state index in [1.165, 1.54) is 35.8 Å². The van der Waals surface area contributed by atoms with Crippen LogP contribution in [-0.2, 0) is 6.42 Å². The van der Waals surface area contributed by atoms with Crippen LogP contribution in [-0.4, -0.2) is 0 Å². The Hall–Kier alpha value is -1.19. The smallest absolute Gasteiger partial charge is 0.123 e. The quantitative estimate of drug-likeness (QED) is 0.862. The lowest BCUT2D eigenvalue weighted by molar-refractivity contribution is 0.417. The number of hydrogen-bond donors (Lipinski definition) is 1. The lowest BCUT2D eigenvalue weighted by atomic mass is 9.93. The molecule has 3 heteroatoms. The van der Waals surface area contributed by atoms with Crippen LogP contribution in [0.4, 0.5) is 4.39 Å². The van der Waals surface area contributed by atoms with Crippen LogP contribution in [0.2, 0.25) is 0 Å². The van der Waals surface area contributed by atoms with Crippen molar-refractivity contribution in [3.8, 4) is 0 Å². The van der Waals surface area contributed by atoms with Crippen LogP contribution >= 0.6 is 11.3 Å². The summed E-state index contributed by atoms with van der Waals surface area (Å²) in [5.41, 5.74) is 2.46. The molecule has 1 aliphatic rings. The highest BCUT2D eigenvalue weighted by molar-refractivity contribution is 7.10. The van der Waals surface area contributed by atoms with Crippen LogP contribution in [0.3, 0.4) is 0 Å². The predicted molar refractivity (Wildman–Crippen MR) is 77.9 cm³/mol. The number of benzene rings is 1. The Bertz CT molecular complexity index is 563. The van der Waals surface area contributed by atoms with E-state index < -0.39 is 0 Å². The van der Waals surface area contributed by atoms with Crippen LogP contribution in [0, 0.1) is 5.82 Å². The van der Waals surface area contributed by atoms with E-state index in [9.17, 15) is 4.39 Å². The van der Waals surface area contributed by atoms with Crippen LogP contribution in [0.25, 0.3) is 0 Å². The molecule has 0 saturated heterocycles. The van der Waals surface area contributed by atoms with Crippen molar-refractivity contribution in [3.05, 3.63) is 57.5 Å². The van der Waals surface area contributed by atoms with Crippen molar-refractivity contribution in [1.82, 2.24) is 5.32 Å². The van der Waals surface area contributed by atoms with Crippen LogP contribution in [0.1, 0.15) is 47.9 Å². The van der Waals surface area contributed by atoms with Crippen LogP contribution in [0.15, 0.2) is 35.7 Å². The Balaban J connectivity index is 1.76. The summed E-state index contributed by atoms with van der Waals surface area (Å²) in [6, 6.07) is 9.69. The lowest BCUT2D eigenvalue weighted by Crippen LogP contribution is -2.27. The third-order valence-electron chi connectivity index (χ3n) is 3.85. The van der Waals surface area contributed by atoms with Crippen molar-refractivity contribution in [1.29, 1.82) is 0 Å². The van der Waals surface area contributed by atoms with Gasteiger partial charge < -0.3 is 5.32 Å². The average Bonchev–Trinajstić information content (AvgIpc) is 2.88. The molecule has 0 radical (unpaired) electrons. The van der Waals surface area contributed by atoms with Gasteiger partial charge in [0.25, 0.3) is 0 Å². The van der Waals surface area contributed by atoms with E-state index in [-0.39, 0.29) is 11.9 Å². The number of hydrogen-bond acceptors (Lipinski definition) is 2. The fourth-order valence-corrected chi connectivity index (χ4v) is 3.82. The van der Waals surface area contributed by atoms with E-state index in [1.54, 1.807) is 12.1 Å². The number of rotatable bonds is 3. The van der Waals surface area contributed by atoms with Gasteiger partial charge in [-0.05, 0) is 60.9 Å². The van der Waals surface area contributed by atoms with Gasteiger partial charge in [-0.15, -0.1) is 11.3 Å². The highest BCUT2D eigenvalue weighted by atomic mass is 32.1. The van der Waals surface area contributed by atoms with Gasteiger partial charge in [-0.25, -0.2) is 4.39 Å². The maximum absolute atomic E-state index is 13.3. The van der Waals surface area contributed by atoms with Gasteiger partial charge in [0.2, 0.25) is 0 Å². The third-order valence-corrected chi connectivity index (χ3v) is 4.85. The second kappa shape index (κ2) is 5.43. The van der Waals surface area contributed by atoms with Crippen LogP contribution < -0.4 is 5.32 Å². The van der Waals surface area contributed by atoms with Crippen molar-refractivity contribution in [3.63, 3.8) is 0 Å². The minimum Gasteiger partial charge on any atom is -0.303 e. The SMILES string of the molecule is CC(NC1CCCc2sccc21)c1cccc(F)c1. The van der Waals surface area contributed by atoms with E-state index in [2.05, 4.69) is 23.7 Å². The first-order valence-electron chi connectivity index (χ1n) is 6.82. The van der Waals surface area contributed by atoms with E-state index >= 15 is 0 Å². The van der Waals surface area contributed by atoms with Gasteiger partial charge in [0.15, 0.2) is 0 Å². The zero-order chi connectivity index (χ0) is 13.2. The Kier molecular flexibility index (Phi) is 3.67. The summed E-state index contributed by atoms with van der Waals surface area (Å²) in [5.74, 6) is -0.161. The number of fused-ring (bicyclic) bond motifs is 1. The number of aryl methyl sites for hydroxylation is 1. The van der Waals surface area contributed by atoms with E-state index in [0.29, 0.717) is 6.04 Å². The van der Waals surface area contributed by atoms with Gasteiger partial charge in [0.1, 0.15) is 5.82 Å². The molecule has 0 aliphatic heterocycles. The molecule has 1 nitrogen and oxygen atoms in total. The first-order chi connectivity index (χ1) is 9.24. The molecule has 0 spiro atoms. The number of halogens is 1. The summed E-state index contributed by atoms with van der Waals surface area (Å²) >= 11 is 1.85. The van der Waals surface area contributed by atoms with Crippen LogP contribution in [0.5, 0.6) is 0 Å². The van der Waals surface area contributed by atoms with E-state index in [1.807, 2.05) is 17.4 Å². The molecule has 1 heterocycles. The Labute approximate surface area is 117 Å². The largest absolute Gasteiger partial charge is 0.303 e. The van der Waals surface area contributed by atoms with Crippen molar-refractivity contribution >= 4 is 11.3 Å². The first-order valence-corrected chi connectivity index (χ1v) is 7.70. The highest BCUT2D eigenvalue weighted by Gasteiger charge is 2.22. The van der Waals surface area contributed by atoms with E-state index in [0.717, 1.165) is 5.56 Å². The molecule has 1 aromatic carbocycles. The minimum absolute atomic E-state index is 0.161. The van der Waals surface area contributed by atoms with Gasteiger partial charge in [-0.2, -0.15) is 0 Å². The molecule has 19 heavy (non-hydrogen) atoms. The third kappa shape index (κ3) is 2.72. The normalized spacial score (nSPS) is 20.0. The van der Waals surface area contributed by atoms with Gasteiger partial charge >= 0.3 is 0 Å². The van der Waals surface area contributed by atoms with Gasteiger partial charge in [0.05, 0.1) is 0 Å². The summed E-state index contributed by atoms with van der Waals surface area (Å²) in [6.45, 7) is 2.11. The zero-order valence-electron chi connectivity index (χ0n) is 11.0.